The average molecular weight is 449 g/mol. The van der Waals surface area contributed by atoms with Crippen LogP contribution in [0.15, 0.2) is 29.8 Å². The summed E-state index contributed by atoms with van der Waals surface area (Å²) in [4.78, 5) is 31.7. The molecule has 1 saturated heterocycles. The first-order valence-corrected chi connectivity index (χ1v) is 12.1. The summed E-state index contributed by atoms with van der Waals surface area (Å²) in [5.41, 5.74) is 1.28. The van der Waals surface area contributed by atoms with Gasteiger partial charge in [0.25, 0.3) is 5.91 Å². The molecule has 0 saturated carbocycles. The standard InChI is InChI=1S/C22H28N2O4S2/c1-22(2,3)15-7-6-13(11-17(15)28-4)20(25)24-16(21(26)27)10-14(12-29-5)18(24)19-23-8-9-30-19/h6-9,11,14,16,18H,10,12H2,1-5H3,(H,26,27). The quantitative estimate of drug-likeness (QED) is 0.702. The maximum Gasteiger partial charge on any atom is 0.326 e. The van der Waals surface area contributed by atoms with Crippen LogP contribution in [0.2, 0.25) is 0 Å². The van der Waals surface area contributed by atoms with Crippen LogP contribution in [0.4, 0.5) is 0 Å². The van der Waals surface area contributed by atoms with Gasteiger partial charge in [-0.05, 0) is 47.5 Å². The zero-order valence-electron chi connectivity index (χ0n) is 17.9. The van der Waals surface area contributed by atoms with Crippen molar-refractivity contribution in [2.24, 2.45) is 5.92 Å². The molecule has 30 heavy (non-hydrogen) atoms. The van der Waals surface area contributed by atoms with Gasteiger partial charge < -0.3 is 14.7 Å². The highest BCUT2D eigenvalue weighted by Crippen LogP contribution is 2.44. The van der Waals surface area contributed by atoms with Crippen LogP contribution >= 0.6 is 23.1 Å². The van der Waals surface area contributed by atoms with Crippen LogP contribution in [0.1, 0.15) is 54.2 Å². The molecule has 0 bridgehead atoms. The van der Waals surface area contributed by atoms with Crippen molar-refractivity contribution < 1.29 is 19.4 Å². The molecule has 1 amide bonds. The molecule has 3 rings (SSSR count). The third-order valence-corrected chi connectivity index (χ3v) is 7.08. The lowest BCUT2D eigenvalue weighted by molar-refractivity contribution is -0.141. The van der Waals surface area contributed by atoms with Gasteiger partial charge in [0, 0.05) is 17.1 Å². The van der Waals surface area contributed by atoms with Crippen LogP contribution in [0.25, 0.3) is 0 Å². The number of thioether (sulfide) groups is 1. The Kier molecular flexibility index (Phi) is 6.77. The number of rotatable bonds is 6. The van der Waals surface area contributed by atoms with Crippen LogP contribution in [0.3, 0.4) is 0 Å². The molecule has 0 aliphatic carbocycles. The highest BCUT2D eigenvalue weighted by Gasteiger charge is 2.48. The molecule has 6 nitrogen and oxygen atoms in total. The maximum absolute atomic E-state index is 13.6. The van der Waals surface area contributed by atoms with Gasteiger partial charge in [0.1, 0.15) is 16.8 Å². The lowest BCUT2D eigenvalue weighted by Gasteiger charge is -2.29. The number of thiazole rings is 1. The second-order valence-corrected chi connectivity index (χ2v) is 10.3. The van der Waals surface area contributed by atoms with Crippen molar-refractivity contribution in [3.8, 4) is 5.75 Å². The van der Waals surface area contributed by atoms with Crippen molar-refractivity contribution >= 4 is 35.0 Å². The number of carboxylic acids is 1. The summed E-state index contributed by atoms with van der Waals surface area (Å²) in [5, 5.41) is 12.5. The highest BCUT2D eigenvalue weighted by molar-refractivity contribution is 7.98. The number of amides is 1. The highest BCUT2D eigenvalue weighted by atomic mass is 32.2. The lowest BCUT2D eigenvalue weighted by Crippen LogP contribution is -2.42. The van der Waals surface area contributed by atoms with Crippen LogP contribution < -0.4 is 4.74 Å². The van der Waals surface area contributed by atoms with Crippen molar-refractivity contribution in [3.63, 3.8) is 0 Å². The van der Waals surface area contributed by atoms with Gasteiger partial charge in [0.15, 0.2) is 0 Å². The fourth-order valence-electron chi connectivity index (χ4n) is 4.11. The number of carbonyl (C=O) groups is 2. The van der Waals surface area contributed by atoms with E-state index in [1.165, 1.54) is 16.2 Å². The summed E-state index contributed by atoms with van der Waals surface area (Å²) in [6.45, 7) is 6.25. The first-order valence-electron chi connectivity index (χ1n) is 9.81. The largest absolute Gasteiger partial charge is 0.496 e. The van der Waals surface area contributed by atoms with E-state index in [0.717, 1.165) is 16.3 Å². The number of hydrogen-bond acceptors (Lipinski definition) is 6. The predicted octanol–water partition coefficient (Wildman–Crippen LogP) is 4.47. The number of aliphatic carboxylic acids is 1. The number of ether oxygens (including phenoxy) is 1. The summed E-state index contributed by atoms with van der Waals surface area (Å²) in [6, 6.07) is 4.17. The lowest BCUT2D eigenvalue weighted by atomic mass is 9.85. The summed E-state index contributed by atoms with van der Waals surface area (Å²) in [7, 11) is 1.58. The third-order valence-electron chi connectivity index (χ3n) is 5.47. The molecule has 3 unspecified atom stereocenters. The number of nitrogens with zero attached hydrogens (tertiary/aromatic N) is 2. The molecular weight excluding hydrogens is 420 g/mol. The van der Waals surface area contributed by atoms with Gasteiger partial charge in [-0.3, -0.25) is 4.79 Å². The van der Waals surface area contributed by atoms with Gasteiger partial charge >= 0.3 is 5.97 Å². The third kappa shape index (κ3) is 4.34. The molecule has 2 heterocycles. The van der Waals surface area contributed by atoms with Crippen molar-refractivity contribution in [2.75, 3.05) is 19.1 Å². The second-order valence-electron chi connectivity index (χ2n) is 8.50. The summed E-state index contributed by atoms with van der Waals surface area (Å²) in [5.74, 6) is 0.152. The van der Waals surface area contributed by atoms with Crippen molar-refractivity contribution in [1.82, 2.24) is 9.88 Å². The van der Waals surface area contributed by atoms with E-state index < -0.39 is 12.0 Å². The number of hydrogen-bond donors (Lipinski definition) is 1. The molecule has 1 N–H and O–H groups in total. The van der Waals surface area contributed by atoms with Gasteiger partial charge in [0.05, 0.1) is 13.2 Å². The molecule has 1 fully saturated rings. The van der Waals surface area contributed by atoms with Crippen LogP contribution in [0, 0.1) is 5.92 Å². The second kappa shape index (κ2) is 8.98. The summed E-state index contributed by atoms with van der Waals surface area (Å²) in [6.07, 6.45) is 4.12. The van der Waals surface area contributed by atoms with Gasteiger partial charge in [-0.25, -0.2) is 9.78 Å². The number of carboxylic acid groups (broad SMARTS) is 1. The van der Waals surface area contributed by atoms with E-state index in [1.807, 2.05) is 17.7 Å². The smallest absolute Gasteiger partial charge is 0.326 e. The first kappa shape index (κ1) is 22.6. The molecule has 8 heteroatoms. The topological polar surface area (TPSA) is 79.7 Å². The molecule has 0 radical (unpaired) electrons. The number of carbonyl (C=O) groups excluding carboxylic acids is 1. The zero-order valence-corrected chi connectivity index (χ0v) is 19.5. The van der Waals surface area contributed by atoms with E-state index in [-0.39, 0.29) is 23.3 Å². The Hall–Kier alpha value is -2.06. The first-order chi connectivity index (χ1) is 14.2. The number of likely N-dealkylation sites (tertiary alicyclic amines) is 1. The molecule has 1 aromatic heterocycles. The van der Waals surface area contributed by atoms with Crippen molar-refractivity contribution in [3.05, 3.63) is 45.9 Å². The fraction of sp³-hybridized carbons (Fsp3) is 0.500. The SMILES string of the molecule is COc1cc(C(=O)N2C(C(=O)O)CC(CSC)C2c2nccs2)ccc1C(C)(C)C. The predicted molar refractivity (Wildman–Crippen MR) is 121 cm³/mol. The average Bonchev–Trinajstić information content (AvgIpc) is 3.34. The minimum absolute atomic E-state index is 0.0342. The van der Waals surface area contributed by atoms with Crippen molar-refractivity contribution in [1.29, 1.82) is 0 Å². The van der Waals surface area contributed by atoms with Crippen LogP contribution in [-0.2, 0) is 10.2 Å². The molecule has 162 valence electrons. The van der Waals surface area contributed by atoms with E-state index in [0.29, 0.717) is 17.7 Å². The Balaban J connectivity index is 2.05. The maximum atomic E-state index is 13.6. The Labute approximate surface area is 185 Å². The minimum Gasteiger partial charge on any atom is -0.496 e. The fourth-order valence-corrected chi connectivity index (χ4v) is 5.68. The van der Waals surface area contributed by atoms with Gasteiger partial charge in [-0.15, -0.1) is 11.3 Å². The number of methoxy groups -OCH3 is 1. The van der Waals surface area contributed by atoms with Crippen LogP contribution in [0.5, 0.6) is 5.75 Å². The van der Waals surface area contributed by atoms with Gasteiger partial charge in [-0.2, -0.15) is 11.8 Å². The molecule has 0 spiro atoms. The normalized spacial score (nSPS) is 21.6. The van der Waals surface area contributed by atoms with E-state index in [4.69, 9.17) is 4.74 Å². The van der Waals surface area contributed by atoms with Gasteiger partial charge in [-0.1, -0.05) is 26.8 Å². The van der Waals surface area contributed by atoms with Gasteiger partial charge in [0.2, 0.25) is 0 Å². The monoisotopic (exact) mass is 448 g/mol. The molecule has 1 aromatic carbocycles. The Morgan fingerprint density at radius 2 is 2.10 bits per heavy atom. The van der Waals surface area contributed by atoms with E-state index in [1.54, 1.807) is 37.2 Å². The minimum atomic E-state index is -0.980. The molecule has 1 aliphatic heterocycles. The Morgan fingerprint density at radius 1 is 1.37 bits per heavy atom. The molecule has 1 aliphatic rings. The molecular formula is C22H28N2O4S2. The zero-order chi connectivity index (χ0) is 22.1. The van der Waals surface area contributed by atoms with E-state index >= 15 is 0 Å². The number of aromatic nitrogens is 1. The van der Waals surface area contributed by atoms with E-state index in [9.17, 15) is 14.7 Å². The van der Waals surface area contributed by atoms with E-state index in [2.05, 4.69) is 25.8 Å². The van der Waals surface area contributed by atoms with Crippen molar-refractivity contribution in [2.45, 2.75) is 44.7 Å². The summed E-state index contributed by atoms with van der Waals surface area (Å²) >= 11 is 3.12. The summed E-state index contributed by atoms with van der Waals surface area (Å²) < 4.78 is 5.56. The number of benzene rings is 1. The molecule has 2 aromatic rings. The molecule has 3 atom stereocenters. The van der Waals surface area contributed by atoms with Crippen LogP contribution in [-0.4, -0.2) is 52.0 Å². The Bertz CT molecular complexity index is 908. The Morgan fingerprint density at radius 3 is 2.63 bits per heavy atom.